The van der Waals surface area contributed by atoms with Crippen molar-refractivity contribution in [2.24, 2.45) is 0 Å². The van der Waals surface area contributed by atoms with E-state index in [4.69, 9.17) is 9.84 Å². The lowest BCUT2D eigenvalue weighted by Gasteiger charge is -2.17. The van der Waals surface area contributed by atoms with Crippen molar-refractivity contribution in [3.05, 3.63) is 23.9 Å². The molecule has 0 saturated carbocycles. The molecule has 0 aromatic carbocycles. The second kappa shape index (κ2) is 6.34. The summed E-state index contributed by atoms with van der Waals surface area (Å²) in [5.74, 6) is -1.54. The highest BCUT2D eigenvalue weighted by Gasteiger charge is 2.12. The number of hydrogen-bond acceptors (Lipinski definition) is 4. The first-order valence-corrected chi connectivity index (χ1v) is 4.84. The summed E-state index contributed by atoms with van der Waals surface area (Å²) in [7, 11) is 1.50. The van der Waals surface area contributed by atoms with E-state index in [0.29, 0.717) is 13.0 Å². The summed E-state index contributed by atoms with van der Waals surface area (Å²) in [6.45, 7) is 0.253. The second-order valence-electron chi connectivity index (χ2n) is 3.29. The molecule has 1 heterocycles. The standard InChI is InChI=1S/C10H14F2N2O2/c1-16-6-8(2-3-15)14-10-9(12)4-7(11)5-13-10/h4-5,8,15H,2-3,6H2,1H3,(H,13,14). The Balaban J connectivity index is 2.68. The fraction of sp³-hybridized carbons (Fsp3) is 0.500. The molecule has 0 radical (unpaired) electrons. The van der Waals surface area contributed by atoms with Crippen LogP contribution in [-0.2, 0) is 4.74 Å². The summed E-state index contributed by atoms with van der Waals surface area (Å²) >= 11 is 0. The van der Waals surface area contributed by atoms with Crippen LogP contribution in [0.5, 0.6) is 0 Å². The third-order valence-electron chi connectivity index (χ3n) is 1.99. The summed E-state index contributed by atoms with van der Waals surface area (Å²) in [5.41, 5.74) is 0. The zero-order valence-corrected chi connectivity index (χ0v) is 8.91. The van der Waals surface area contributed by atoms with Crippen molar-refractivity contribution in [1.29, 1.82) is 0 Å². The van der Waals surface area contributed by atoms with Gasteiger partial charge < -0.3 is 15.2 Å². The van der Waals surface area contributed by atoms with Crippen LogP contribution >= 0.6 is 0 Å². The Kier molecular flexibility index (Phi) is 5.07. The van der Waals surface area contributed by atoms with Gasteiger partial charge in [0.15, 0.2) is 11.6 Å². The number of nitrogens with one attached hydrogen (secondary N) is 1. The van der Waals surface area contributed by atoms with Crippen LogP contribution in [0.2, 0.25) is 0 Å². The number of nitrogens with zero attached hydrogens (tertiary/aromatic N) is 1. The van der Waals surface area contributed by atoms with Crippen molar-refractivity contribution < 1.29 is 18.6 Å². The number of aromatic nitrogens is 1. The normalized spacial score (nSPS) is 12.5. The Hall–Kier alpha value is -1.27. The van der Waals surface area contributed by atoms with Crippen LogP contribution in [0, 0.1) is 11.6 Å². The molecular weight excluding hydrogens is 218 g/mol. The largest absolute Gasteiger partial charge is 0.396 e. The molecule has 1 aromatic rings. The lowest BCUT2D eigenvalue weighted by Crippen LogP contribution is -2.27. The highest BCUT2D eigenvalue weighted by molar-refractivity contribution is 5.36. The van der Waals surface area contributed by atoms with E-state index in [-0.39, 0.29) is 18.5 Å². The molecule has 0 saturated heterocycles. The van der Waals surface area contributed by atoms with Crippen molar-refractivity contribution in [1.82, 2.24) is 4.98 Å². The summed E-state index contributed by atoms with van der Waals surface area (Å²) in [6, 6.07) is 0.487. The minimum Gasteiger partial charge on any atom is -0.396 e. The molecule has 0 aliphatic carbocycles. The number of aliphatic hydroxyl groups excluding tert-OH is 1. The van der Waals surface area contributed by atoms with Crippen LogP contribution in [0.25, 0.3) is 0 Å². The first kappa shape index (κ1) is 12.8. The van der Waals surface area contributed by atoms with Gasteiger partial charge in [-0.15, -0.1) is 0 Å². The Labute approximate surface area is 92.3 Å². The van der Waals surface area contributed by atoms with E-state index >= 15 is 0 Å². The van der Waals surface area contributed by atoms with Gasteiger partial charge in [-0.25, -0.2) is 13.8 Å². The van der Waals surface area contributed by atoms with E-state index in [1.165, 1.54) is 7.11 Å². The predicted molar refractivity (Wildman–Crippen MR) is 55.1 cm³/mol. The van der Waals surface area contributed by atoms with E-state index in [9.17, 15) is 8.78 Å². The van der Waals surface area contributed by atoms with Gasteiger partial charge in [-0.3, -0.25) is 0 Å². The van der Waals surface area contributed by atoms with Gasteiger partial charge in [0.25, 0.3) is 0 Å². The Bertz CT molecular complexity index is 331. The molecule has 1 rings (SSSR count). The van der Waals surface area contributed by atoms with E-state index in [0.717, 1.165) is 12.3 Å². The van der Waals surface area contributed by atoms with Crippen molar-refractivity contribution >= 4 is 5.82 Å². The summed E-state index contributed by atoms with van der Waals surface area (Å²) in [6.07, 6.45) is 1.32. The maximum atomic E-state index is 13.2. The highest BCUT2D eigenvalue weighted by atomic mass is 19.1. The van der Waals surface area contributed by atoms with Gasteiger partial charge in [-0.2, -0.15) is 0 Å². The molecule has 4 nitrogen and oxygen atoms in total. The zero-order valence-electron chi connectivity index (χ0n) is 8.91. The number of ether oxygens (including phenoxy) is 1. The zero-order chi connectivity index (χ0) is 12.0. The number of pyridine rings is 1. The van der Waals surface area contributed by atoms with Crippen LogP contribution in [-0.4, -0.2) is 36.5 Å². The summed E-state index contributed by atoms with van der Waals surface area (Å²) < 4.78 is 30.7. The topological polar surface area (TPSA) is 54.4 Å². The van der Waals surface area contributed by atoms with Gasteiger partial charge in [0.05, 0.1) is 18.8 Å². The van der Waals surface area contributed by atoms with Crippen molar-refractivity contribution in [3.63, 3.8) is 0 Å². The lowest BCUT2D eigenvalue weighted by atomic mass is 10.2. The molecule has 0 aliphatic heterocycles. The molecular formula is C10H14F2N2O2. The number of aliphatic hydroxyl groups is 1. The molecule has 0 fully saturated rings. The highest BCUT2D eigenvalue weighted by Crippen LogP contribution is 2.13. The third kappa shape index (κ3) is 3.71. The molecule has 2 N–H and O–H groups in total. The minimum absolute atomic E-state index is 0.0445. The fourth-order valence-corrected chi connectivity index (χ4v) is 1.27. The van der Waals surface area contributed by atoms with Crippen LogP contribution in [0.1, 0.15) is 6.42 Å². The molecule has 90 valence electrons. The molecule has 1 aromatic heterocycles. The Morgan fingerprint density at radius 2 is 2.31 bits per heavy atom. The van der Waals surface area contributed by atoms with E-state index in [1.54, 1.807) is 0 Å². The molecule has 0 amide bonds. The number of methoxy groups -OCH3 is 1. The SMILES string of the molecule is COCC(CCO)Nc1ncc(F)cc1F. The average Bonchev–Trinajstić information content (AvgIpc) is 2.23. The van der Waals surface area contributed by atoms with Crippen LogP contribution < -0.4 is 5.32 Å². The number of halogens is 2. The van der Waals surface area contributed by atoms with Gasteiger partial charge in [0.2, 0.25) is 0 Å². The van der Waals surface area contributed by atoms with Gasteiger partial charge in [-0.1, -0.05) is 0 Å². The monoisotopic (exact) mass is 232 g/mol. The molecule has 0 spiro atoms. The van der Waals surface area contributed by atoms with Crippen molar-refractivity contribution in [2.75, 3.05) is 25.6 Å². The molecule has 1 unspecified atom stereocenters. The van der Waals surface area contributed by atoms with Crippen molar-refractivity contribution in [3.8, 4) is 0 Å². The Morgan fingerprint density at radius 1 is 1.56 bits per heavy atom. The van der Waals surface area contributed by atoms with Gasteiger partial charge >= 0.3 is 0 Å². The number of rotatable bonds is 6. The molecule has 1 atom stereocenters. The smallest absolute Gasteiger partial charge is 0.168 e. The summed E-state index contributed by atoms with van der Waals surface area (Å²) in [4.78, 5) is 3.58. The molecule has 0 bridgehead atoms. The first-order valence-electron chi connectivity index (χ1n) is 4.84. The van der Waals surface area contributed by atoms with E-state index < -0.39 is 11.6 Å². The van der Waals surface area contributed by atoms with E-state index in [2.05, 4.69) is 10.3 Å². The summed E-state index contributed by atoms with van der Waals surface area (Å²) in [5, 5.41) is 11.5. The Morgan fingerprint density at radius 3 is 2.88 bits per heavy atom. The quantitative estimate of drug-likeness (QED) is 0.773. The van der Waals surface area contributed by atoms with Gasteiger partial charge in [0, 0.05) is 19.8 Å². The first-order chi connectivity index (χ1) is 7.67. The minimum atomic E-state index is -0.765. The maximum absolute atomic E-state index is 13.2. The fourth-order valence-electron chi connectivity index (χ4n) is 1.27. The number of hydrogen-bond donors (Lipinski definition) is 2. The number of anilines is 1. The average molecular weight is 232 g/mol. The molecule has 0 aliphatic rings. The lowest BCUT2D eigenvalue weighted by molar-refractivity contribution is 0.170. The third-order valence-corrected chi connectivity index (χ3v) is 1.99. The molecule has 6 heteroatoms. The van der Waals surface area contributed by atoms with Crippen LogP contribution in [0.3, 0.4) is 0 Å². The maximum Gasteiger partial charge on any atom is 0.168 e. The predicted octanol–water partition coefficient (Wildman–Crippen LogP) is 1.17. The van der Waals surface area contributed by atoms with Crippen LogP contribution in [0.4, 0.5) is 14.6 Å². The van der Waals surface area contributed by atoms with Crippen LogP contribution in [0.15, 0.2) is 12.3 Å². The van der Waals surface area contributed by atoms with Gasteiger partial charge in [0.1, 0.15) is 5.82 Å². The van der Waals surface area contributed by atoms with Crippen molar-refractivity contribution in [2.45, 2.75) is 12.5 Å². The molecule has 16 heavy (non-hydrogen) atoms. The van der Waals surface area contributed by atoms with Gasteiger partial charge in [-0.05, 0) is 6.42 Å². The second-order valence-corrected chi connectivity index (χ2v) is 3.29. The van der Waals surface area contributed by atoms with E-state index in [1.807, 2.05) is 0 Å².